The highest BCUT2D eigenvalue weighted by atomic mass is 16.5. The van der Waals surface area contributed by atoms with Crippen LogP contribution < -0.4 is 10.6 Å². The Morgan fingerprint density at radius 1 is 0.974 bits per heavy atom. The van der Waals surface area contributed by atoms with Crippen LogP contribution in [-0.4, -0.2) is 80.6 Å². The Morgan fingerprint density at radius 2 is 1.79 bits per heavy atom. The Balaban J connectivity index is 1.35. The average molecular weight is 518 g/mol. The molecule has 0 unspecified atom stereocenters. The Kier molecular flexibility index (Phi) is 8.64. The van der Waals surface area contributed by atoms with Crippen molar-refractivity contribution in [3.63, 3.8) is 0 Å². The van der Waals surface area contributed by atoms with Crippen LogP contribution >= 0.6 is 0 Å². The molecule has 10 heteroatoms. The molecule has 0 amide bonds. The van der Waals surface area contributed by atoms with Crippen LogP contribution in [0, 0.1) is 0 Å². The summed E-state index contributed by atoms with van der Waals surface area (Å²) in [6, 6.07) is 13.5. The van der Waals surface area contributed by atoms with Gasteiger partial charge in [0.25, 0.3) is 0 Å². The number of pyridine rings is 2. The maximum Gasteiger partial charge on any atom is 0.204 e. The first-order valence-electron chi connectivity index (χ1n) is 13.2. The summed E-state index contributed by atoms with van der Waals surface area (Å²) in [5.41, 5.74) is 5.28. The predicted octanol–water partition coefficient (Wildman–Crippen LogP) is 2.86. The van der Waals surface area contributed by atoms with E-state index in [9.17, 15) is 10.2 Å². The Hall–Kier alpha value is -3.73. The number of aromatic hydroxyl groups is 1. The molecular formula is C28H35N7O3. The van der Waals surface area contributed by atoms with Gasteiger partial charge in [0.15, 0.2) is 0 Å². The zero-order chi connectivity index (χ0) is 26.2. The summed E-state index contributed by atoms with van der Waals surface area (Å²) in [6.07, 6.45) is 4.93. The number of aliphatic hydroxyl groups excluding tert-OH is 1. The van der Waals surface area contributed by atoms with Crippen molar-refractivity contribution in [3.8, 4) is 5.75 Å². The monoisotopic (exact) mass is 517 g/mol. The van der Waals surface area contributed by atoms with Crippen LogP contribution in [0.3, 0.4) is 0 Å². The molecule has 1 aliphatic heterocycles. The Bertz CT molecular complexity index is 1340. The van der Waals surface area contributed by atoms with Crippen LogP contribution in [-0.2, 0) is 24.2 Å². The molecule has 1 aromatic carbocycles. The summed E-state index contributed by atoms with van der Waals surface area (Å²) in [5.74, 6) is 0.924. The molecule has 3 aromatic heterocycles. The molecule has 1 fully saturated rings. The van der Waals surface area contributed by atoms with E-state index < -0.39 is 0 Å². The molecule has 0 aliphatic carbocycles. The number of fused-ring (bicyclic) bond motifs is 1. The van der Waals surface area contributed by atoms with E-state index in [1.807, 2.05) is 18.2 Å². The Morgan fingerprint density at radius 3 is 2.61 bits per heavy atom. The lowest BCUT2D eigenvalue weighted by molar-refractivity contribution is 0.0378. The van der Waals surface area contributed by atoms with Crippen LogP contribution in [0.25, 0.3) is 11.0 Å². The molecule has 38 heavy (non-hydrogen) atoms. The standard InChI is InChI=1S/C28H35N7O3/c36-15-8-23-22(4-1-9-29-23)32-19-21-6-7-24-26(18-21)35(20-25-27(37)5-2-10-30-25)28(33-24)31-11-3-12-34-13-16-38-17-14-34/h1-2,4-7,9-10,18,32,36-37H,3,8,11-17,19-20H2,(H,31,33). The molecule has 0 spiro atoms. The van der Waals surface area contributed by atoms with Crippen LogP contribution in [0.5, 0.6) is 5.75 Å². The van der Waals surface area contributed by atoms with Crippen molar-refractivity contribution < 1.29 is 14.9 Å². The number of benzene rings is 1. The second kappa shape index (κ2) is 12.7. The minimum atomic E-state index is 0.0550. The maximum absolute atomic E-state index is 10.4. The van der Waals surface area contributed by atoms with Crippen molar-refractivity contribution in [3.05, 3.63) is 71.8 Å². The van der Waals surface area contributed by atoms with E-state index >= 15 is 0 Å². The molecule has 4 aromatic rings. The normalized spacial score (nSPS) is 14.1. The molecule has 0 radical (unpaired) electrons. The van der Waals surface area contributed by atoms with Gasteiger partial charge in [-0.05, 0) is 54.9 Å². The minimum absolute atomic E-state index is 0.0550. The molecule has 0 saturated carbocycles. The fourth-order valence-corrected chi connectivity index (χ4v) is 4.70. The second-order valence-corrected chi connectivity index (χ2v) is 9.37. The third-order valence-electron chi connectivity index (χ3n) is 6.75. The maximum atomic E-state index is 10.4. The van der Waals surface area contributed by atoms with Gasteiger partial charge in [0.05, 0.1) is 42.2 Å². The predicted molar refractivity (Wildman–Crippen MR) is 147 cm³/mol. The first kappa shape index (κ1) is 25.9. The van der Waals surface area contributed by atoms with Gasteiger partial charge in [0.1, 0.15) is 11.4 Å². The van der Waals surface area contributed by atoms with E-state index in [4.69, 9.17) is 9.72 Å². The molecule has 5 rings (SSSR count). The third-order valence-corrected chi connectivity index (χ3v) is 6.75. The summed E-state index contributed by atoms with van der Waals surface area (Å²) in [5, 5.41) is 26.7. The van der Waals surface area contributed by atoms with Crippen molar-refractivity contribution in [1.82, 2.24) is 24.4 Å². The van der Waals surface area contributed by atoms with Gasteiger partial charge in [-0.25, -0.2) is 4.98 Å². The van der Waals surface area contributed by atoms with Crippen LogP contribution in [0.15, 0.2) is 54.9 Å². The van der Waals surface area contributed by atoms with Gasteiger partial charge in [-0.15, -0.1) is 0 Å². The molecule has 4 N–H and O–H groups in total. The summed E-state index contributed by atoms with van der Waals surface area (Å²) < 4.78 is 7.53. The lowest BCUT2D eigenvalue weighted by Gasteiger charge is -2.26. The summed E-state index contributed by atoms with van der Waals surface area (Å²) in [6.45, 7) is 6.42. The zero-order valence-electron chi connectivity index (χ0n) is 21.5. The lowest BCUT2D eigenvalue weighted by Crippen LogP contribution is -2.37. The number of morpholine rings is 1. The van der Waals surface area contributed by atoms with Crippen LogP contribution in [0.2, 0.25) is 0 Å². The highest BCUT2D eigenvalue weighted by Gasteiger charge is 2.15. The third kappa shape index (κ3) is 6.39. The van der Waals surface area contributed by atoms with E-state index in [2.05, 4.69) is 42.2 Å². The highest BCUT2D eigenvalue weighted by molar-refractivity contribution is 5.80. The van der Waals surface area contributed by atoms with Crippen LogP contribution in [0.1, 0.15) is 23.4 Å². The molecule has 10 nitrogen and oxygen atoms in total. The zero-order valence-corrected chi connectivity index (χ0v) is 21.5. The van der Waals surface area contributed by atoms with E-state index in [0.717, 1.165) is 79.7 Å². The second-order valence-electron chi connectivity index (χ2n) is 9.37. The van der Waals surface area contributed by atoms with E-state index in [-0.39, 0.29) is 12.4 Å². The van der Waals surface area contributed by atoms with Crippen LogP contribution in [0.4, 0.5) is 11.6 Å². The first-order valence-corrected chi connectivity index (χ1v) is 13.2. The van der Waals surface area contributed by atoms with Crippen molar-refractivity contribution >= 4 is 22.7 Å². The van der Waals surface area contributed by atoms with Gasteiger partial charge in [0.2, 0.25) is 5.95 Å². The number of imidazole rings is 1. The number of aromatic nitrogens is 4. The quantitative estimate of drug-likeness (QED) is 0.210. The van der Waals surface area contributed by atoms with Gasteiger partial charge in [-0.1, -0.05) is 6.07 Å². The van der Waals surface area contributed by atoms with E-state index in [1.165, 1.54) is 0 Å². The van der Waals surface area contributed by atoms with Gasteiger partial charge in [0, 0.05) is 51.6 Å². The average Bonchev–Trinajstić information content (AvgIpc) is 3.29. The van der Waals surface area contributed by atoms with Gasteiger partial charge in [-0.2, -0.15) is 0 Å². The summed E-state index contributed by atoms with van der Waals surface area (Å²) in [4.78, 5) is 16.1. The fraction of sp³-hybridized carbons (Fsp3) is 0.393. The number of anilines is 2. The van der Waals surface area contributed by atoms with E-state index in [1.54, 1.807) is 24.5 Å². The van der Waals surface area contributed by atoms with Gasteiger partial charge >= 0.3 is 0 Å². The van der Waals surface area contributed by atoms with Crippen molar-refractivity contribution in [2.45, 2.75) is 25.9 Å². The van der Waals surface area contributed by atoms with E-state index in [0.29, 0.717) is 25.2 Å². The minimum Gasteiger partial charge on any atom is -0.506 e. The lowest BCUT2D eigenvalue weighted by atomic mass is 10.1. The number of hydrogen-bond acceptors (Lipinski definition) is 9. The van der Waals surface area contributed by atoms with Crippen molar-refractivity contribution in [1.29, 1.82) is 0 Å². The van der Waals surface area contributed by atoms with Gasteiger partial charge in [-0.3, -0.25) is 14.9 Å². The number of nitrogens with zero attached hydrogens (tertiary/aromatic N) is 5. The summed E-state index contributed by atoms with van der Waals surface area (Å²) >= 11 is 0. The number of ether oxygens (including phenoxy) is 1. The first-order chi connectivity index (χ1) is 18.7. The largest absolute Gasteiger partial charge is 0.506 e. The summed E-state index contributed by atoms with van der Waals surface area (Å²) in [7, 11) is 0. The van der Waals surface area contributed by atoms with Crippen molar-refractivity contribution in [2.75, 3.05) is 56.6 Å². The number of rotatable bonds is 12. The molecular weight excluding hydrogens is 482 g/mol. The SMILES string of the molecule is OCCc1ncccc1NCc1ccc2nc(NCCCN3CCOCC3)n(Cc3ncccc3O)c2c1. The Labute approximate surface area is 222 Å². The molecule has 1 saturated heterocycles. The molecule has 0 bridgehead atoms. The number of hydrogen-bond donors (Lipinski definition) is 4. The number of aliphatic hydroxyl groups is 1. The molecule has 0 atom stereocenters. The molecule has 4 heterocycles. The molecule has 1 aliphatic rings. The fourth-order valence-electron chi connectivity index (χ4n) is 4.70. The van der Waals surface area contributed by atoms with Crippen molar-refractivity contribution in [2.24, 2.45) is 0 Å². The number of nitrogens with one attached hydrogen (secondary N) is 2. The highest BCUT2D eigenvalue weighted by Crippen LogP contribution is 2.25. The van der Waals surface area contributed by atoms with Gasteiger partial charge < -0.3 is 30.2 Å². The molecule has 200 valence electrons. The topological polar surface area (TPSA) is 121 Å². The smallest absolute Gasteiger partial charge is 0.204 e.